The van der Waals surface area contributed by atoms with Crippen molar-refractivity contribution in [3.05, 3.63) is 58.3 Å². The predicted octanol–water partition coefficient (Wildman–Crippen LogP) is 2.21. The number of alkyl halides is 1. The molecule has 2 amide bonds. The Labute approximate surface area is 169 Å². The van der Waals surface area contributed by atoms with E-state index in [1.807, 2.05) is 6.07 Å². The summed E-state index contributed by atoms with van der Waals surface area (Å²) in [5.41, 5.74) is 1.15. The second kappa shape index (κ2) is 10.9. The van der Waals surface area contributed by atoms with Gasteiger partial charge in [-0.2, -0.15) is 11.3 Å². The number of benzene rings is 1. The minimum atomic E-state index is -1.55. The number of Topliss-reactive ketones (excluding diaryl/α,β-unsaturated/α-hetero) is 1. The summed E-state index contributed by atoms with van der Waals surface area (Å²) in [6.45, 7) is -1.44. The molecule has 0 radical (unpaired) electrons. The van der Waals surface area contributed by atoms with Crippen LogP contribution in [0.1, 0.15) is 23.6 Å². The quantitative estimate of drug-likeness (QED) is 0.540. The Hall–Kier alpha value is -3.27. The molecule has 0 aliphatic rings. The lowest BCUT2D eigenvalue weighted by Crippen LogP contribution is -2.48. The van der Waals surface area contributed by atoms with Crippen LogP contribution in [-0.4, -0.2) is 41.6 Å². The van der Waals surface area contributed by atoms with Crippen molar-refractivity contribution in [2.45, 2.75) is 25.1 Å². The van der Waals surface area contributed by atoms with E-state index in [1.165, 1.54) is 11.3 Å². The molecule has 0 aliphatic carbocycles. The Bertz CT molecular complexity index is 844. The van der Waals surface area contributed by atoms with Crippen molar-refractivity contribution in [1.29, 1.82) is 0 Å². The lowest BCUT2D eigenvalue weighted by Gasteiger charge is -2.21. The zero-order chi connectivity index (χ0) is 21.2. The van der Waals surface area contributed by atoms with Gasteiger partial charge in [-0.05, 0) is 28.0 Å². The maximum absolute atomic E-state index is 12.7. The average Bonchev–Trinajstić information content (AvgIpc) is 3.24. The third kappa shape index (κ3) is 7.00. The summed E-state index contributed by atoms with van der Waals surface area (Å²) in [4.78, 5) is 47.3. The van der Waals surface area contributed by atoms with Gasteiger partial charge in [-0.3, -0.25) is 14.4 Å². The van der Waals surface area contributed by atoms with Gasteiger partial charge in [0.25, 0.3) is 0 Å². The molecule has 1 heterocycles. The minimum absolute atomic E-state index is 0.0212. The Morgan fingerprint density at radius 2 is 1.83 bits per heavy atom. The van der Waals surface area contributed by atoms with Crippen LogP contribution in [0.2, 0.25) is 0 Å². The Morgan fingerprint density at radius 3 is 2.41 bits per heavy atom. The number of rotatable bonds is 10. The second-order valence-corrected chi connectivity index (χ2v) is 6.73. The molecule has 2 unspecified atom stereocenters. The van der Waals surface area contributed by atoms with Crippen molar-refractivity contribution >= 4 is 35.1 Å². The standard InChI is InChI=1S/C19H19FN2O6S/c20-9-15(23)14(8-16(24)25)21-18(26)17(13-6-7-29-11-13)22-19(27)28-10-12-4-2-1-3-5-12/h1-7,11,14,17H,8-10H2,(H,21,26)(H,22,27)(H,24,25). The van der Waals surface area contributed by atoms with Gasteiger partial charge in [0, 0.05) is 0 Å². The van der Waals surface area contributed by atoms with Gasteiger partial charge < -0.3 is 20.5 Å². The molecule has 0 aliphatic heterocycles. The number of carboxylic acids is 1. The third-order valence-electron chi connectivity index (χ3n) is 3.83. The number of hydrogen-bond donors (Lipinski definition) is 3. The largest absolute Gasteiger partial charge is 0.481 e. The van der Waals surface area contributed by atoms with Gasteiger partial charge in [-0.25, -0.2) is 9.18 Å². The lowest BCUT2D eigenvalue weighted by molar-refractivity contribution is -0.140. The summed E-state index contributed by atoms with van der Waals surface area (Å²) in [7, 11) is 0. The van der Waals surface area contributed by atoms with Crippen molar-refractivity contribution in [3.63, 3.8) is 0 Å². The number of nitrogens with one attached hydrogen (secondary N) is 2. The molecule has 2 rings (SSSR count). The van der Waals surface area contributed by atoms with Crippen molar-refractivity contribution in [2.24, 2.45) is 0 Å². The summed E-state index contributed by atoms with van der Waals surface area (Å²) >= 11 is 1.27. The van der Waals surface area contributed by atoms with Gasteiger partial charge >= 0.3 is 12.1 Å². The highest BCUT2D eigenvalue weighted by atomic mass is 32.1. The molecule has 1 aromatic carbocycles. The van der Waals surface area contributed by atoms with E-state index in [2.05, 4.69) is 10.6 Å². The normalized spacial score (nSPS) is 12.4. The van der Waals surface area contributed by atoms with Crippen molar-refractivity contribution in [2.75, 3.05) is 6.67 Å². The highest BCUT2D eigenvalue weighted by Crippen LogP contribution is 2.18. The fourth-order valence-electron chi connectivity index (χ4n) is 2.39. The van der Waals surface area contributed by atoms with E-state index in [0.717, 1.165) is 5.56 Å². The summed E-state index contributed by atoms with van der Waals surface area (Å²) < 4.78 is 17.8. The molecule has 0 saturated carbocycles. The Morgan fingerprint density at radius 1 is 1.10 bits per heavy atom. The van der Waals surface area contributed by atoms with Crippen LogP contribution >= 0.6 is 11.3 Å². The van der Waals surface area contributed by atoms with E-state index >= 15 is 0 Å². The van der Waals surface area contributed by atoms with Gasteiger partial charge in [-0.1, -0.05) is 30.3 Å². The SMILES string of the molecule is O=C(O)CC(NC(=O)C(NC(=O)OCc1ccccc1)c1ccsc1)C(=O)CF. The van der Waals surface area contributed by atoms with Crippen LogP contribution in [0.25, 0.3) is 0 Å². The van der Waals surface area contributed by atoms with E-state index in [9.17, 15) is 23.6 Å². The highest BCUT2D eigenvalue weighted by molar-refractivity contribution is 7.08. The number of ether oxygens (including phenoxy) is 1. The fraction of sp³-hybridized carbons (Fsp3) is 0.263. The molecular formula is C19H19FN2O6S. The monoisotopic (exact) mass is 422 g/mol. The first-order valence-corrected chi connectivity index (χ1v) is 9.45. The molecule has 2 atom stereocenters. The number of carboxylic acid groups (broad SMARTS) is 1. The molecule has 8 nitrogen and oxygen atoms in total. The number of aliphatic carboxylic acids is 1. The number of amides is 2. The van der Waals surface area contributed by atoms with E-state index in [0.29, 0.717) is 5.56 Å². The molecule has 3 N–H and O–H groups in total. The van der Waals surface area contributed by atoms with Crippen molar-refractivity contribution in [1.82, 2.24) is 10.6 Å². The molecule has 0 fully saturated rings. The third-order valence-corrected chi connectivity index (χ3v) is 4.53. The molecule has 10 heteroatoms. The number of ketones is 1. The second-order valence-electron chi connectivity index (χ2n) is 5.95. The van der Waals surface area contributed by atoms with Crippen LogP contribution in [0.15, 0.2) is 47.2 Å². The van der Waals surface area contributed by atoms with Crippen LogP contribution in [0.3, 0.4) is 0 Å². The number of halogens is 1. The maximum atomic E-state index is 12.7. The Kier molecular flexibility index (Phi) is 8.28. The molecular weight excluding hydrogens is 403 g/mol. The van der Waals surface area contributed by atoms with Crippen LogP contribution in [0.4, 0.5) is 9.18 Å². The summed E-state index contributed by atoms with van der Waals surface area (Å²) in [5.74, 6) is -3.30. The average molecular weight is 422 g/mol. The lowest BCUT2D eigenvalue weighted by atomic mass is 10.1. The number of carbonyl (C=O) groups is 4. The van der Waals surface area contributed by atoms with E-state index in [4.69, 9.17) is 9.84 Å². The molecule has 29 heavy (non-hydrogen) atoms. The van der Waals surface area contributed by atoms with Crippen molar-refractivity contribution in [3.8, 4) is 0 Å². The smallest absolute Gasteiger partial charge is 0.408 e. The first-order valence-electron chi connectivity index (χ1n) is 8.51. The number of thiophene rings is 1. The zero-order valence-corrected chi connectivity index (χ0v) is 16.0. The van der Waals surface area contributed by atoms with Crippen LogP contribution < -0.4 is 10.6 Å². The molecule has 0 bridgehead atoms. The van der Waals surface area contributed by atoms with Crippen LogP contribution in [0, 0.1) is 0 Å². The first kappa shape index (κ1) is 22.0. The number of alkyl carbamates (subject to hydrolysis) is 1. The molecule has 0 saturated heterocycles. The van der Waals surface area contributed by atoms with Gasteiger partial charge in [0.2, 0.25) is 5.91 Å². The van der Waals surface area contributed by atoms with Gasteiger partial charge in [-0.15, -0.1) is 0 Å². The Balaban J connectivity index is 2.07. The maximum Gasteiger partial charge on any atom is 0.408 e. The molecule has 154 valence electrons. The molecule has 2 aromatic rings. The number of hydrogen-bond acceptors (Lipinski definition) is 6. The molecule has 1 aromatic heterocycles. The van der Waals surface area contributed by atoms with E-state index < -0.39 is 48.9 Å². The first-order chi connectivity index (χ1) is 13.9. The number of carbonyl (C=O) groups excluding carboxylic acids is 3. The van der Waals surface area contributed by atoms with E-state index in [1.54, 1.807) is 41.1 Å². The molecule has 0 spiro atoms. The predicted molar refractivity (Wildman–Crippen MR) is 102 cm³/mol. The minimum Gasteiger partial charge on any atom is -0.481 e. The summed E-state index contributed by atoms with van der Waals surface area (Å²) in [6, 6.07) is 7.68. The van der Waals surface area contributed by atoms with Crippen LogP contribution in [-0.2, 0) is 25.7 Å². The fourth-order valence-corrected chi connectivity index (χ4v) is 3.08. The topological polar surface area (TPSA) is 122 Å². The zero-order valence-electron chi connectivity index (χ0n) is 15.2. The highest BCUT2D eigenvalue weighted by Gasteiger charge is 2.29. The van der Waals surface area contributed by atoms with Gasteiger partial charge in [0.05, 0.1) is 6.42 Å². The summed E-state index contributed by atoms with van der Waals surface area (Å²) in [5, 5.41) is 16.7. The van der Waals surface area contributed by atoms with E-state index in [-0.39, 0.29) is 6.61 Å². The van der Waals surface area contributed by atoms with Gasteiger partial charge in [0.1, 0.15) is 25.4 Å². The van der Waals surface area contributed by atoms with Crippen molar-refractivity contribution < 1.29 is 33.4 Å². The summed E-state index contributed by atoms with van der Waals surface area (Å²) in [6.07, 6.45) is -1.66. The van der Waals surface area contributed by atoms with Crippen LogP contribution in [0.5, 0.6) is 0 Å². The van der Waals surface area contributed by atoms with Gasteiger partial charge in [0.15, 0.2) is 5.78 Å².